The van der Waals surface area contributed by atoms with Gasteiger partial charge in [0, 0.05) is 29.3 Å². The average Bonchev–Trinajstić information content (AvgIpc) is 3.25. The van der Waals surface area contributed by atoms with Crippen LogP contribution >= 0.6 is 11.3 Å². The van der Waals surface area contributed by atoms with Gasteiger partial charge in [0.05, 0.1) is 25.7 Å². The molecule has 5 nitrogen and oxygen atoms in total. The number of nitrogens with zero attached hydrogens (tertiary/aromatic N) is 2. The van der Waals surface area contributed by atoms with Crippen LogP contribution < -0.4 is 4.74 Å². The quantitative estimate of drug-likeness (QED) is 0.240. The highest BCUT2D eigenvalue weighted by atomic mass is 32.1. The smallest absolute Gasteiger partial charge is 0.271 e. The SMILES string of the molecule is C=C(/C=C(/C)OC)N(C)C(=O)c1scc(N=C(c2ccccc2)c2ccccc2)c1OC. The Bertz CT molecular complexity index is 1110. The maximum absolute atomic E-state index is 13.2. The van der Waals surface area contributed by atoms with Crippen LogP contribution in [0.5, 0.6) is 5.75 Å². The van der Waals surface area contributed by atoms with Gasteiger partial charge in [-0.05, 0) is 13.0 Å². The molecule has 0 bridgehead atoms. The Morgan fingerprint density at radius 3 is 2.09 bits per heavy atom. The summed E-state index contributed by atoms with van der Waals surface area (Å²) in [4.78, 5) is 20.0. The normalized spacial score (nSPS) is 10.9. The molecular weight excluding hydrogens is 420 g/mol. The molecule has 32 heavy (non-hydrogen) atoms. The Morgan fingerprint density at radius 2 is 1.59 bits per heavy atom. The molecule has 0 radical (unpaired) electrons. The zero-order chi connectivity index (χ0) is 23.1. The highest BCUT2D eigenvalue weighted by molar-refractivity contribution is 7.13. The van der Waals surface area contributed by atoms with Crippen LogP contribution in [0.4, 0.5) is 5.69 Å². The average molecular weight is 447 g/mol. The summed E-state index contributed by atoms with van der Waals surface area (Å²) < 4.78 is 10.8. The van der Waals surface area contributed by atoms with Crippen molar-refractivity contribution < 1.29 is 14.3 Å². The van der Waals surface area contributed by atoms with Crippen LogP contribution in [-0.4, -0.2) is 37.8 Å². The lowest BCUT2D eigenvalue weighted by molar-refractivity contribution is 0.0842. The minimum atomic E-state index is -0.223. The van der Waals surface area contributed by atoms with Crippen molar-refractivity contribution in [3.05, 3.63) is 106 Å². The Labute approximate surface area is 192 Å². The summed E-state index contributed by atoms with van der Waals surface area (Å²) in [6, 6.07) is 19.9. The molecule has 0 atom stereocenters. The zero-order valence-corrected chi connectivity index (χ0v) is 19.5. The monoisotopic (exact) mass is 446 g/mol. The number of hydrogen-bond acceptors (Lipinski definition) is 5. The maximum atomic E-state index is 13.2. The van der Waals surface area contributed by atoms with Crippen LogP contribution in [0.2, 0.25) is 0 Å². The van der Waals surface area contributed by atoms with Gasteiger partial charge in [0.2, 0.25) is 0 Å². The predicted octanol–water partition coefficient (Wildman–Crippen LogP) is 6.06. The Hall–Kier alpha value is -3.64. The summed E-state index contributed by atoms with van der Waals surface area (Å²) in [6.07, 6.45) is 1.71. The summed E-state index contributed by atoms with van der Waals surface area (Å²) in [6.45, 7) is 5.77. The molecule has 0 aliphatic carbocycles. The highest BCUT2D eigenvalue weighted by Crippen LogP contribution is 2.39. The summed E-state index contributed by atoms with van der Waals surface area (Å²) in [5.74, 6) is 0.879. The molecule has 1 heterocycles. The van der Waals surface area contributed by atoms with Crippen LogP contribution in [0.25, 0.3) is 0 Å². The van der Waals surface area contributed by atoms with Crippen molar-refractivity contribution in [2.24, 2.45) is 4.99 Å². The molecule has 2 aromatic carbocycles. The molecule has 0 spiro atoms. The molecule has 0 aliphatic rings. The van der Waals surface area contributed by atoms with Crippen molar-refractivity contribution in [2.75, 3.05) is 21.3 Å². The molecule has 0 N–H and O–H groups in total. The van der Waals surface area contributed by atoms with Gasteiger partial charge in [0.25, 0.3) is 5.91 Å². The summed E-state index contributed by atoms with van der Waals surface area (Å²) in [5, 5.41) is 1.84. The van der Waals surface area contributed by atoms with Crippen molar-refractivity contribution in [3.8, 4) is 5.75 Å². The minimum absolute atomic E-state index is 0.223. The largest absolute Gasteiger partial charge is 0.501 e. The van der Waals surface area contributed by atoms with E-state index in [4.69, 9.17) is 14.5 Å². The van der Waals surface area contributed by atoms with E-state index in [9.17, 15) is 4.79 Å². The number of ether oxygens (including phenoxy) is 2. The topological polar surface area (TPSA) is 51.1 Å². The zero-order valence-electron chi connectivity index (χ0n) is 18.7. The van der Waals surface area contributed by atoms with E-state index in [1.807, 2.05) is 66.0 Å². The van der Waals surface area contributed by atoms with Crippen molar-refractivity contribution >= 4 is 28.6 Å². The number of rotatable bonds is 8. The number of thiophene rings is 1. The van der Waals surface area contributed by atoms with Gasteiger partial charge in [-0.3, -0.25) is 4.79 Å². The lowest BCUT2D eigenvalue weighted by atomic mass is 10.0. The third-order valence-electron chi connectivity index (χ3n) is 4.88. The molecule has 3 aromatic rings. The first-order valence-corrected chi connectivity index (χ1v) is 10.9. The number of benzene rings is 2. The predicted molar refractivity (Wildman–Crippen MR) is 131 cm³/mol. The second-order valence-corrected chi connectivity index (χ2v) is 7.87. The van der Waals surface area contributed by atoms with E-state index >= 15 is 0 Å². The van der Waals surface area contributed by atoms with Gasteiger partial charge in [-0.1, -0.05) is 67.2 Å². The van der Waals surface area contributed by atoms with E-state index in [0.717, 1.165) is 16.8 Å². The number of likely N-dealkylation sites (N-methyl/N-ethyl adjacent to an activating group) is 1. The van der Waals surface area contributed by atoms with Crippen LogP contribution in [0.15, 0.2) is 95.1 Å². The molecule has 6 heteroatoms. The first kappa shape index (κ1) is 23.0. The number of hydrogen-bond donors (Lipinski definition) is 0. The second kappa shape index (κ2) is 10.6. The molecule has 0 aliphatic heterocycles. The van der Waals surface area contributed by atoms with E-state index in [1.165, 1.54) is 16.2 Å². The number of carbonyl (C=O) groups is 1. The molecule has 164 valence electrons. The molecule has 0 saturated heterocycles. The Kier molecular flexibility index (Phi) is 7.63. The number of carbonyl (C=O) groups excluding carboxylic acids is 1. The fourth-order valence-corrected chi connectivity index (χ4v) is 3.96. The van der Waals surface area contributed by atoms with Crippen LogP contribution in [-0.2, 0) is 4.74 Å². The van der Waals surface area contributed by atoms with E-state index in [2.05, 4.69) is 6.58 Å². The third-order valence-corrected chi connectivity index (χ3v) is 5.82. The lowest BCUT2D eigenvalue weighted by Crippen LogP contribution is -2.24. The van der Waals surface area contributed by atoms with Crippen LogP contribution in [0, 0.1) is 0 Å². The Morgan fingerprint density at radius 1 is 1.03 bits per heavy atom. The van der Waals surface area contributed by atoms with E-state index in [0.29, 0.717) is 27.8 Å². The number of methoxy groups -OCH3 is 2. The molecule has 3 rings (SSSR count). The first-order chi connectivity index (χ1) is 15.5. The molecular formula is C26H26N2O3S. The van der Waals surface area contributed by atoms with Crippen molar-refractivity contribution in [2.45, 2.75) is 6.92 Å². The molecule has 0 saturated carbocycles. The van der Waals surface area contributed by atoms with Gasteiger partial charge in [-0.15, -0.1) is 11.3 Å². The summed E-state index contributed by atoms with van der Waals surface area (Å²) >= 11 is 1.30. The fraction of sp³-hybridized carbons (Fsp3) is 0.154. The number of amides is 1. The van der Waals surface area contributed by atoms with Crippen molar-refractivity contribution in [3.63, 3.8) is 0 Å². The van der Waals surface area contributed by atoms with Crippen LogP contribution in [0.3, 0.4) is 0 Å². The lowest BCUT2D eigenvalue weighted by Gasteiger charge is -2.17. The number of aliphatic imine (C=N–C) groups is 1. The Balaban J connectivity index is 2.03. The van der Waals surface area contributed by atoms with E-state index in [1.54, 1.807) is 34.3 Å². The van der Waals surface area contributed by atoms with E-state index < -0.39 is 0 Å². The third kappa shape index (κ3) is 5.15. The van der Waals surface area contributed by atoms with Gasteiger partial charge in [-0.25, -0.2) is 4.99 Å². The highest BCUT2D eigenvalue weighted by Gasteiger charge is 2.23. The van der Waals surface area contributed by atoms with Gasteiger partial charge < -0.3 is 14.4 Å². The second-order valence-electron chi connectivity index (χ2n) is 6.99. The maximum Gasteiger partial charge on any atom is 0.271 e. The van der Waals surface area contributed by atoms with Crippen molar-refractivity contribution in [1.29, 1.82) is 0 Å². The molecule has 0 fully saturated rings. The van der Waals surface area contributed by atoms with E-state index in [-0.39, 0.29) is 5.91 Å². The molecule has 1 amide bonds. The van der Waals surface area contributed by atoms with Gasteiger partial charge in [0.1, 0.15) is 10.6 Å². The fourth-order valence-electron chi connectivity index (χ4n) is 3.04. The molecule has 1 aromatic heterocycles. The minimum Gasteiger partial charge on any atom is -0.501 e. The standard InChI is InChI=1S/C26H26N2O3S/c1-18(16-19(2)30-4)28(3)26(29)25-24(31-5)22(17-32-25)27-23(20-12-8-6-9-13-20)21-14-10-7-11-15-21/h6-17H,1H2,2-5H3/b19-16-. The van der Waals surface area contributed by atoms with Gasteiger partial charge in [-0.2, -0.15) is 0 Å². The first-order valence-electron chi connectivity index (χ1n) is 10.0. The summed E-state index contributed by atoms with van der Waals surface area (Å²) in [5.41, 5.74) is 3.88. The van der Waals surface area contributed by atoms with Gasteiger partial charge >= 0.3 is 0 Å². The summed E-state index contributed by atoms with van der Waals surface area (Å²) in [7, 11) is 4.79. The molecule has 0 unspecified atom stereocenters. The van der Waals surface area contributed by atoms with Crippen molar-refractivity contribution in [1.82, 2.24) is 4.90 Å². The van der Waals surface area contributed by atoms with Crippen LogP contribution in [0.1, 0.15) is 27.7 Å². The number of allylic oxidation sites excluding steroid dienone is 2. The van der Waals surface area contributed by atoms with Gasteiger partial charge in [0.15, 0.2) is 5.75 Å².